The predicted molar refractivity (Wildman–Crippen MR) is 113 cm³/mol. The largest absolute Gasteiger partial charge is 0.425 e. The van der Waals surface area contributed by atoms with E-state index in [1.165, 1.54) is 29.5 Å². The van der Waals surface area contributed by atoms with E-state index in [0.29, 0.717) is 15.6 Å². The highest BCUT2D eigenvalue weighted by Crippen LogP contribution is 2.22. The number of anilines is 1. The van der Waals surface area contributed by atoms with Crippen LogP contribution in [-0.4, -0.2) is 24.3 Å². The summed E-state index contributed by atoms with van der Waals surface area (Å²) in [7, 11) is 0. The van der Waals surface area contributed by atoms with Crippen LogP contribution in [0.3, 0.4) is 0 Å². The Morgan fingerprint density at radius 3 is 2.34 bits per heavy atom. The van der Waals surface area contributed by atoms with Crippen molar-refractivity contribution in [3.05, 3.63) is 80.5 Å². The van der Waals surface area contributed by atoms with Crippen LogP contribution in [0.5, 0.6) is 5.75 Å². The maximum Gasteiger partial charge on any atom is 0.330 e. The van der Waals surface area contributed by atoms with E-state index in [1.54, 1.807) is 36.4 Å². The molecule has 0 aliphatic carbocycles. The van der Waals surface area contributed by atoms with Crippen molar-refractivity contribution < 1.29 is 19.1 Å². The first kappa shape index (κ1) is 20.9. The number of nitrogens with one attached hydrogen (secondary N) is 2. The molecule has 0 saturated heterocycles. The Labute approximate surface area is 180 Å². The van der Waals surface area contributed by atoms with Crippen LogP contribution in [0, 0.1) is 0 Å². The van der Waals surface area contributed by atoms with Crippen molar-refractivity contribution in [3.63, 3.8) is 0 Å². The predicted octanol–water partition coefficient (Wildman–Crippen LogP) is 4.64. The van der Waals surface area contributed by atoms with Gasteiger partial charge in [0.1, 0.15) is 12.3 Å². The highest BCUT2D eigenvalue weighted by Gasteiger charge is 2.12. The summed E-state index contributed by atoms with van der Waals surface area (Å²) in [6.07, 6.45) is 0. The molecule has 148 valence electrons. The summed E-state index contributed by atoms with van der Waals surface area (Å²) < 4.78 is 5.16. The molecule has 29 heavy (non-hydrogen) atoms. The standard InChI is InChI=1S/C20H14Cl2N2O4S/c21-15-8-3-12(10-16(15)22)19(26)23-11-18(25)28-14-6-4-13(5-7-14)24-20(27)17-2-1-9-29-17/h1-10H,11H2,(H,23,26)(H,24,27). The number of thiophene rings is 1. The molecule has 0 aliphatic rings. The van der Waals surface area contributed by atoms with E-state index in [0.717, 1.165) is 0 Å². The highest BCUT2D eigenvalue weighted by atomic mass is 35.5. The van der Waals surface area contributed by atoms with Gasteiger partial charge in [0.15, 0.2) is 0 Å². The lowest BCUT2D eigenvalue weighted by Gasteiger charge is -2.08. The molecule has 3 rings (SSSR count). The van der Waals surface area contributed by atoms with Crippen LogP contribution in [0.4, 0.5) is 5.69 Å². The Hall–Kier alpha value is -2.87. The maximum atomic E-state index is 12.0. The van der Waals surface area contributed by atoms with Gasteiger partial charge in [0.25, 0.3) is 11.8 Å². The molecule has 6 nitrogen and oxygen atoms in total. The van der Waals surface area contributed by atoms with Crippen LogP contribution >= 0.6 is 34.5 Å². The third-order valence-electron chi connectivity index (χ3n) is 3.66. The van der Waals surface area contributed by atoms with Gasteiger partial charge in [-0.05, 0) is 53.9 Å². The van der Waals surface area contributed by atoms with Gasteiger partial charge in [0.05, 0.1) is 14.9 Å². The second-order valence-electron chi connectivity index (χ2n) is 5.74. The van der Waals surface area contributed by atoms with E-state index in [-0.39, 0.29) is 28.8 Å². The summed E-state index contributed by atoms with van der Waals surface area (Å²) >= 11 is 13.0. The lowest BCUT2D eigenvalue weighted by Crippen LogP contribution is -2.31. The third kappa shape index (κ3) is 5.80. The summed E-state index contributed by atoms with van der Waals surface area (Å²) in [5.74, 6) is -1.05. The summed E-state index contributed by atoms with van der Waals surface area (Å²) in [4.78, 5) is 36.6. The number of carbonyl (C=O) groups is 3. The number of amides is 2. The Kier molecular flexibility index (Phi) is 6.87. The number of hydrogen-bond acceptors (Lipinski definition) is 5. The summed E-state index contributed by atoms with van der Waals surface area (Å²) in [6.45, 7) is -0.323. The molecule has 3 aromatic rings. The van der Waals surface area contributed by atoms with Crippen molar-refractivity contribution in [2.24, 2.45) is 0 Å². The van der Waals surface area contributed by atoms with Crippen molar-refractivity contribution in [2.45, 2.75) is 0 Å². The molecule has 0 bridgehead atoms. The minimum atomic E-state index is -0.645. The van der Waals surface area contributed by atoms with Gasteiger partial charge >= 0.3 is 5.97 Å². The second-order valence-corrected chi connectivity index (χ2v) is 7.50. The molecule has 2 amide bonds. The van der Waals surface area contributed by atoms with Crippen LogP contribution in [-0.2, 0) is 4.79 Å². The number of esters is 1. The first-order valence-corrected chi connectivity index (χ1v) is 9.95. The molecule has 0 radical (unpaired) electrons. The van der Waals surface area contributed by atoms with E-state index in [4.69, 9.17) is 27.9 Å². The van der Waals surface area contributed by atoms with E-state index < -0.39 is 11.9 Å². The van der Waals surface area contributed by atoms with Gasteiger partial charge in [-0.25, -0.2) is 4.79 Å². The molecule has 0 unspecified atom stereocenters. The van der Waals surface area contributed by atoms with Gasteiger partial charge in [-0.1, -0.05) is 29.3 Å². The lowest BCUT2D eigenvalue weighted by atomic mass is 10.2. The van der Waals surface area contributed by atoms with Gasteiger partial charge in [0.2, 0.25) is 0 Å². The fourth-order valence-electron chi connectivity index (χ4n) is 2.27. The molecule has 1 heterocycles. The summed E-state index contributed by atoms with van der Waals surface area (Å²) in [6, 6.07) is 14.2. The number of benzene rings is 2. The average molecular weight is 449 g/mol. The lowest BCUT2D eigenvalue weighted by molar-refractivity contribution is -0.133. The van der Waals surface area contributed by atoms with E-state index >= 15 is 0 Å². The molecule has 1 aromatic heterocycles. The monoisotopic (exact) mass is 448 g/mol. The molecular weight excluding hydrogens is 435 g/mol. The molecule has 0 saturated carbocycles. The zero-order chi connectivity index (χ0) is 20.8. The van der Waals surface area contributed by atoms with Crippen molar-refractivity contribution in [1.29, 1.82) is 0 Å². The normalized spacial score (nSPS) is 10.3. The topological polar surface area (TPSA) is 84.5 Å². The second kappa shape index (κ2) is 9.56. The van der Waals surface area contributed by atoms with Gasteiger partial charge in [-0.3, -0.25) is 9.59 Å². The number of rotatable bonds is 6. The Balaban J connectivity index is 1.49. The van der Waals surface area contributed by atoms with Gasteiger partial charge < -0.3 is 15.4 Å². The molecule has 2 N–H and O–H groups in total. The molecule has 9 heteroatoms. The molecule has 0 fully saturated rings. The third-order valence-corrected chi connectivity index (χ3v) is 5.27. The van der Waals surface area contributed by atoms with Gasteiger partial charge in [0, 0.05) is 11.3 Å². The minimum absolute atomic E-state index is 0.213. The zero-order valence-electron chi connectivity index (χ0n) is 14.8. The van der Waals surface area contributed by atoms with Crippen LogP contribution < -0.4 is 15.4 Å². The number of hydrogen-bond donors (Lipinski definition) is 2. The van der Waals surface area contributed by atoms with E-state index in [9.17, 15) is 14.4 Å². The average Bonchev–Trinajstić information content (AvgIpc) is 3.25. The van der Waals surface area contributed by atoms with Gasteiger partial charge in [-0.15, -0.1) is 11.3 Å². The summed E-state index contributed by atoms with van der Waals surface area (Å²) in [5.41, 5.74) is 0.842. The summed E-state index contributed by atoms with van der Waals surface area (Å²) in [5, 5.41) is 7.59. The smallest absolute Gasteiger partial charge is 0.330 e. The van der Waals surface area contributed by atoms with Crippen molar-refractivity contribution in [3.8, 4) is 5.75 Å². The molecule has 0 spiro atoms. The molecular formula is C20H14Cl2N2O4S. The number of ether oxygens (including phenoxy) is 1. The van der Waals surface area contributed by atoms with E-state index in [2.05, 4.69) is 10.6 Å². The Morgan fingerprint density at radius 1 is 0.931 bits per heavy atom. The van der Waals surface area contributed by atoms with Crippen molar-refractivity contribution in [1.82, 2.24) is 5.32 Å². The van der Waals surface area contributed by atoms with Crippen molar-refractivity contribution in [2.75, 3.05) is 11.9 Å². The molecule has 0 atom stereocenters. The van der Waals surface area contributed by atoms with Crippen LogP contribution in [0.2, 0.25) is 10.0 Å². The zero-order valence-corrected chi connectivity index (χ0v) is 17.1. The van der Waals surface area contributed by atoms with E-state index in [1.807, 2.05) is 5.38 Å². The van der Waals surface area contributed by atoms with Crippen molar-refractivity contribution >= 4 is 58.0 Å². The van der Waals surface area contributed by atoms with Gasteiger partial charge in [-0.2, -0.15) is 0 Å². The first-order chi connectivity index (χ1) is 13.9. The number of halogens is 2. The maximum absolute atomic E-state index is 12.0. The van der Waals surface area contributed by atoms with Crippen LogP contribution in [0.15, 0.2) is 60.0 Å². The fraction of sp³-hybridized carbons (Fsp3) is 0.0500. The Morgan fingerprint density at radius 2 is 1.69 bits per heavy atom. The SMILES string of the molecule is O=C(CNC(=O)c1ccc(Cl)c(Cl)c1)Oc1ccc(NC(=O)c2cccs2)cc1. The van der Waals surface area contributed by atoms with Crippen LogP contribution in [0.25, 0.3) is 0 Å². The molecule has 2 aromatic carbocycles. The first-order valence-electron chi connectivity index (χ1n) is 8.31. The quantitative estimate of drug-likeness (QED) is 0.424. The van der Waals surface area contributed by atoms with Crippen LogP contribution in [0.1, 0.15) is 20.0 Å². The highest BCUT2D eigenvalue weighted by molar-refractivity contribution is 7.12. The number of carbonyl (C=O) groups excluding carboxylic acids is 3. The molecule has 0 aliphatic heterocycles. The minimum Gasteiger partial charge on any atom is -0.425 e. The Bertz CT molecular complexity index is 1040. The fourth-order valence-corrected chi connectivity index (χ4v) is 3.18.